The van der Waals surface area contributed by atoms with E-state index in [0.717, 1.165) is 9.87 Å². The highest BCUT2D eigenvalue weighted by Gasteiger charge is 2.41. The van der Waals surface area contributed by atoms with Crippen molar-refractivity contribution in [1.29, 1.82) is 0 Å². The molecule has 2 aromatic rings. The van der Waals surface area contributed by atoms with Crippen LogP contribution in [-0.4, -0.2) is 49.0 Å². The minimum Gasteiger partial charge on any atom is -0.489 e. The zero-order chi connectivity index (χ0) is 19.4. The Hall–Kier alpha value is -2.42. The molecule has 0 bridgehead atoms. The van der Waals surface area contributed by atoms with Gasteiger partial charge in [0.05, 0.1) is 4.90 Å². The lowest BCUT2D eigenvalue weighted by molar-refractivity contribution is -0.143. The molecule has 1 fully saturated rings. The molecule has 1 heterocycles. The maximum Gasteiger partial charge on any atom is 0.323 e. The lowest BCUT2D eigenvalue weighted by atomic mass is 10.1. The second-order valence-corrected chi connectivity index (χ2v) is 8.28. The van der Waals surface area contributed by atoms with Crippen LogP contribution in [0.15, 0.2) is 59.5 Å². The summed E-state index contributed by atoms with van der Waals surface area (Å²) < 4.78 is 32.6. The monoisotopic (exact) mass is 390 g/mol. The van der Waals surface area contributed by atoms with Crippen molar-refractivity contribution in [2.24, 2.45) is 0 Å². The molecule has 27 heavy (non-hydrogen) atoms. The highest BCUT2D eigenvalue weighted by atomic mass is 32.2. The van der Waals surface area contributed by atoms with Gasteiger partial charge < -0.3 is 15.2 Å². The van der Waals surface area contributed by atoms with E-state index in [0.29, 0.717) is 18.9 Å². The number of sulfonamides is 1. The molecule has 144 valence electrons. The van der Waals surface area contributed by atoms with Gasteiger partial charge in [-0.25, -0.2) is 8.42 Å². The quantitative estimate of drug-likeness (QED) is 0.779. The summed E-state index contributed by atoms with van der Waals surface area (Å²) in [6, 6.07) is 14.1. The fraction of sp³-hybridized carbons (Fsp3) is 0.316. The van der Waals surface area contributed by atoms with Gasteiger partial charge in [-0.15, -0.1) is 0 Å². The molecule has 1 aliphatic heterocycles. The summed E-state index contributed by atoms with van der Waals surface area (Å²) in [6.07, 6.45) is 0. The molecule has 8 heteroatoms. The highest BCUT2D eigenvalue weighted by Crippen LogP contribution is 2.24. The number of nitrogens with zero attached hydrogens (tertiary/aromatic N) is 1. The van der Waals surface area contributed by atoms with Gasteiger partial charge in [-0.05, 0) is 36.8 Å². The molecular weight excluding hydrogens is 368 g/mol. The summed E-state index contributed by atoms with van der Waals surface area (Å²) >= 11 is 0. The Morgan fingerprint density at radius 2 is 1.85 bits per heavy atom. The van der Waals surface area contributed by atoms with Gasteiger partial charge in [0.1, 0.15) is 18.4 Å². The third-order valence-electron chi connectivity index (χ3n) is 4.51. The van der Waals surface area contributed by atoms with Gasteiger partial charge in [-0.2, -0.15) is 4.31 Å². The van der Waals surface area contributed by atoms with E-state index >= 15 is 0 Å². The predicted octanol–water partition coefficient (Wildman–Crippen LogP) is 1.70. The van der Waals surface area contributed by atoms with Crippen molar-refractivity contribution in [3.05, 3.63) is 60.2 Å². The number of ether oxygens (including phenoxy) is 1. The van der Waals surface area contributed by atoms with E-state index in [-0.39, 0.29) is 11.4 Å². The minimum atomic E-state index is -3.92. The predicted molar refractivity (Wildman–Crippen MR) is 100.0 cm³/mol. The summed E-state index contributed by atoms with van der Waals surface area (Å²) in [5, 5.41) is 12.4. The van der Waals surface area contributed by atoms with Gasteiger partial charge in [-0.1, -0.05) is 30.3 Å². The lowest BCUT2D eigenvalue weighted by Crippen LogP contribution is -2.61. The Labute approximate surface area is 158 Å². The Balaban J connectivity index is 1.75. The van der Waals surface area contributed by atoms with Crippen molar-refractivity contribution >= 4 is 16.0 Å². The van der Waals surface area contributed by atoms with Crippen LogP contribution >= 0.6 is 0 Å². The van der Waals surface area contributed by atoms with Gasteiger partial charge in [0.15, 0.2) is 0 Å². The van der Waals surface area contributed by atoms with E-state index in [2.05, 4.69) is 5.32 Å². The first-order valence-electron chi connectivity index (χ1n) is 8.64. The van der Waals surface area contributed by atoms with E-state index in [1.807, 2.05) is 30.3 Å². The van der Waals surface area contributed by atoms with Crippen molar-refractivity contribution < 1.29 is 23.1 Å². The van der Waals surface area contributed by atoms with Crippen LogP contribution < -0.4 is 10.1 Å². The average Bonchev–Trinajstić information content (AvgIpc) is 2.67. The number of carboxylic acids is 1. The largest absolute Gasteiger partial charge is 0.489 e. The summed E-state index contributed by atoms with van der Waals surface area (Å²) in [6.45, 7) is 2.56. The van der Waals surface area contributed by atoms with E-state index in [4.69, 9.17) is 4.74 Å². The van der Waals surface area contributed by atoms with E-state index in [1.54, 1.807) is 19.1 Å². The van der Waals surface area contributed by atoms with Crippen LogP contribution in [0.5, 0.6) is 5.75 Å². The Morgan fingerprint density at radius 3 is 2.48 bits per heavy atom. The van der Waals surface area contributed by atoms with Gasteiger partial charge in [0, 0.05) is 19.1 Å². The maximum absolute atomic E-state index is 12.9. The van der Waals surface area contributed by atoms with E-state index in [9.17, 15) is 18.3 Å². The topological polar surface area (TPSA) is 95.9 Å². The first-order valence-corrected chi connectivity index (χ1v) is 10.1. The zero-order valence-electron chi connectivity index (χ0n) is 14.9. The number of nitrogens with one attached hydrogen (secondary N) is 1. The van der Waals surface area contributed by atoms with Gasteiger partial charge in [-0.3, -0.25) is 4.79 Å². The summed E-state index contributed by atoms with van der Waals surface area (Å²) in [5.41, 5.74) is 1.01. The maximum atomic E-state index is 12.9. The zero-order valence-corrected chi connectivity index (χ0v) is 15.7. The van der Waals surface area contributed by atoms with Crippen LogP contribution in [0.25, 0.3) is 0 Å². The van der Waals surface area contributed by atoms with Crippen LogP contribution in [0, 0.1) is 0 Å². The molecule has 1 saturated heterocycles. The summed E-state index contributed by atoms with van der Waals surface area (Å²) in [7, 11) is -3.92. The standard InChI is InChI=1S/C19H22N2O5S/c1-14-18(19(22)23)21(12-11-20-14)27(24,25)17-9-7-16(8-10-17)26-13-15-5-3-2-4-6-15/h2-10,14,18,20H,11-13H2,1H3,(H,22,23). The smallest absolute Gasteiger partial charge is 0.323 e. The first-order chi connectivity index (χ1) is 12.9. The van der Waals surface area contributed by atoms with Crippen LogP contribution in [0.3, 0.4) is 0 Å². The van der Waals surface area contributed by atoms with Crippen molar-refractivity contribution in [2.45, 2.75) is 30.5 Å². The molecule has 2 aromatic carbocycles. The van der Waals surface area contributed by atoms with Crippen molar-refractivity contribution in [3.8, 4) is 5.75 Å². The molecule has 0 radical (unpaired) electrons. The van der Waals surface area contributed by atoms with E-state index in [1.165, 1.54) is 12.1 Å². The third-order valence-corrected chi connectivity index (χ3v) is 6.41. The molecule has 7 nitrogen and oxygen atoms in total. The summed E-state index contributed by atoms with van der Waals surface area (Å²) in [5.74, 6) is -0.623. The number of benzene rings is 2. The van der Waals surface area contributed by atoms with Gasteiger partial charge >= 0.3 is 5.97 Å². The van der Waals surface area contributed by atoms with Crippen LogP contribution in [0.1, 0.15) is 12.5 Å². The number of carbonyl (C=O) groups is 1. The van der Waals surface area contributed by atoms with Crippen molar-refractivity contribution in [2.75, 3.05) is 13.1 Å². The van der Waals surface area contributed by atoms with Crippen molar-refractivity contribution in [1.82, 2.24) is 9.62 Å². The third kappa shape index (κ3) is 4.29. The number of aliphatic carboxylic acids is 1. The molecule has 1 aliphatic rings. The fourth-order valence-electron chi connectivity index (χ4n) is 3.09. The summed E-state index contributed by atoms with van der Waals surface area (Å²) in [4.78, 5) is 11.6. The van der Waals surface area contributed by atoms with Crippen LogP contribution in [0.4, 0.5) is 0 Å². The first kappa shape index (κ1) is 19.3. The molecule has 0 saturated carbocycles. The molecule has 0 aliphatic carbocycles. The number of rotatable bonds is 6. The second kappa shape index (κ2) is 8.08. The Bertz CT molecular complexity index is 884. The number of hydrogen-bond acceptors (Lipinski definition) is 5. The SMILES string of the molecule is CC1NCCN(S(=O)(=O)c2ccc(OCc3ccccc3)cc2)C1C(=O)O. The van der Waals surface area contributed by atoms with Crippen LogP contribution in [0.2, 0.25) is 0 Å². The number of piperazine rings is 1. The normalized spacial score (nSPS) is 20.9. The molecule has 2 unspecified atom stereocenters. The molecule has 2 atom stereocenters. The molecular formula is C19H22N2O5S. The minimum absolute atomic E-state index is 0.0508. The molecule has 2 N–H and O–H groups in total. The van der Waals surface area contributed by atoms with E-state index < -0.39 is 28.1 Å². The number of hydrogen-bond donors (Lipinski definition) is 2. The lowest BCUT2D eigenvalue weighted by Gasteiger charge is -2.36. The Kier molecular flexibility index (Phi) is 5.79. The van der Waals surface area contributed by atoms with Crippen molar-refractivity contribution in [3.63, 3.8) is 0 Å². The molecule has 0 spiro atoms. The number of carboxylic acid groups (broad SMARTS) is 1. The van der Waals surface area contributed by atoms with Gasteiger partial charge in [0.25, 0.3) is 0 Å². The molecule has 0 aromatic heterocycles. The Morgan fingerprint density at radius 1 is 1.19 bits per heavy atom. The average molecular weight is 390 g/mol. The molecule has 0 amide bonds. The molecule has 3 rings (SSSR count). The van der Waals surface area contributed by atoms with Gasteiger partial charge in [0.2, 0.25) is 10.0 Å². The fourth-order valence-corrected chi connectivity index (χ4v) is 4.75. The highest BCUT2D eigenvalue weighted by molar-refractivity contribution is 7.89. The van der Waals surface area contributed by atoms with Crippen LogP contribution in [-0.2, 0) is 21.4 Å². The second-order valence-electron chi connectivity index (χ2n) is 6.39.